The van der Waals surface area contributed by atoms with Gasteiger partial charge >= 0.3 is 0 Å². The lowest BCUT2D eigenvalue weighted by Gasteiger charge is -2.33. The molecule has 7 nitrogen and oxygen atoms in total. The Balaban J connectivity index is 1.77. The quantitative estimate of drug-likeness (QED) is 0.463. The zero-order chi connectivity index (χ0) is 24.6. The summed E-state index contributed by atoms with van der Waals surface area (Å²) in [6.45, 7) is 0.156. The fourth-order valence-corrected chi connectivity index (χ4v) is 4.65. The minimum atomic E-state index is -0.894. The monoisotopic (exact) mass is 476 g/mol. The van der Waals surface area contributed by atoms with Gasteiger partial charge in [-0.2, -0.15) is 0 Å². The molecular weight excluding hydrogens is 444 g/mol. The molecule has 35 heavy (non-hydrogen) atoms. The van der Waals surface area contributed by atoms with Gasteiger partial charge in [-0.1, -0.05) is 49.6 Å². The highest BCUT2D eigenvalue weighted by atomic mass is 16.5. The van der Waals surface area contributed by atoms with Crippen molar-refractivity contribution in [3.05, 3.63) is 83.8 Å². The van der Waals surface area contributed by atoms with E-state index in [-0.39, 0.29) is 30.2 Å². The molecule has 0 saturated heterocycles. The third kappa shape index (κ3) is 5.85. The molecule has 1 fully saturated rings. The van der Waals surface area contributed by atoms with Crippen molar-refractivity contribution in [2.24, 2.45) is 0 Å². The van der Waals surface area contributed by atoms with Gasteiger partial charge in [0.05, 0.1) is 27.0 Å². The molecule has 2 amide bonds. The molecule has 1 aromatic heterocycles. The molecule has 4 rings (SSSR count). The number of furan rings is 1. The van der Waals surface area contributed by atoms with Crippen molar-refractivity contribution in [3.63, 3.8) is 0 Å². The summed E-state index contributed by atoms with van der Waals surface area (Å²) in [6, 6.07) is 17.3. The molecule has 184 valence electrons. The normalized spacial score (nSPS) is 14.7. The Hall–Kier alpha value is -3.74. The maximum absolute atomic E-state index is 13.9. The molecule has 1 heterocycles. The molecule has 1 N–H and O–H groups in total. The number of nitrogens with one attached hydrogen (secondary N) is 1. The van der Waals surface area contributed by atoms with Crippen molar-refractivity contribution in [2.75, 3.05) is 14.2 Å². The summed E-state index contributed by atoms with van der Waals surface area (Å²) in [5.41, 5.74) is 1.45. The number of ether oxygens (including phenoxy) is 2. The third-order valence-corrected chi connectivity index (χ3v) is 6.45. The van der Waals surface area contributed by atoms with E-state index in [2.05, 4.69) is 5.32 Å². The fourth-order valence-electron chi connectivity index (χ4n) is 4.65. The Bertz CT molecular complexity index is 1120. The summed E-state index contributed by atoms with van der Waals surface area (Å²) >= 11 is 0. The van der Waals surface area contributed by atoms with Gasteiger partial charge in [-0.3, -0.25) is 9.59 Å². The Morgan fingerprint density at radius 2 is 1.80 bits per heavy atom. The van der Waals surface area contributed by atoms with Crippen molar-refractivity contribution in [1.82, 2.24) is 10.2 Å². The van der Waals surface area contributed by atoms with E-state index in [4.69, 9.17) is 13.9 Å². The van der Waals surface area contributed by atoms with Crippen LogP contribution >= 0.6 is 0 Å². The molecule has 0 aliphatic heterocycles. The first-order valence-electron chi connectivity index (χ1n) is 12.0. The highest BCUT2D eigenvalue weighted by Gasteiger charge is 2.35. The Morgan fingerprint density at radius 3 is 2.51 bits per heavy atom. The van der Waals surface area contributed by atoms with Crippen LogP contribution in [0.5, 0.6) is 11.5 Å². The van der Waals surface area contributed by atoms with Crippen LogP contribution in [0.1, 0.15) is 59.8 Å². The van der Waals surface area contributed by atoms with Crippen molar-refractivity contribution in [2.45, 2.75) is 50.7 Å². The van der Waals surface area contributed by atoms with Crippen molar-refractivity contribution >= 4 is 11.8 Å². The lowest BCUT2D eigenvalue weighted by atomic mass is 9.94. The second kappa shape index (κ2) is 11.6. The Labute approximate surface area is 206 Å². The molecule has 1 aliphatic carbocycles. The SMILES string of the molecule is COc1cccc([C@H](C(=O)NC2CCCCC2)N(Cc2ccccc2OC)C(=O)c2ccco2)c1. The number of benzene rings is 2. The molecule has 1 atom stereocenters. The number of nitrogens with zero attached hydrogens (tertiary/aromatic N) is 1. The first kappa shape index (κ1) is 24.4. The van der Waals surface area contributed by atoms with E-state index in [0.717, 1.165) is 31.2 Å². The van der Waals surface area contributed by atoms with E-state index in [1.807, 2.05) is 42.5 Å². The molecule has 0 radical (unpaired) electrons. The topological polar surface area (TPSA) is 81.0 Å². The predicted molar refractivity (Wildman–Crippen MR) is 132 cm³/mol. The number of hydrogen-bond acceptors (Lipinski definition) is 5. The van der Waals surface area contributed by atoms with Crippen molar-refractivity contribution < 1.29 is 23.5 Å². The van der Waals surface area contributed by atoms with E-state index in [0.29, 0.717) is 17.1 Å². The van der Waals surface area contributed by atoms with Gasteiger partial charge in [0.25, 0.3) is 5.91 Å². The zero-order valence-electron chi connectivity index (χ0n) is 20.2. The van der Waals surface area contributed by atoms with Crippen LogP contribution in [0, 0.1) is 0 Å². The Kier molecular flexibility index (Phi) is 8.08. The van der Waals surface area contributed by atoms with Gasteiger partial charge < -0.3 is 24.1 Å². The third-order valence-electron chi connectivity index (χ3n) is 6.45. The standard InChI is InChI=1S/C28H32N2O5/c1-33-23-14-8-11-20(18-23)26(27(31)29-22-12-4-3-5-13-22)30(28(32)25-16-9-17-35-25)19-21-10-6-7-15-24(21)34-2/h6-11,14-18,22,26H,3-5,12-13,19H2,1-2H3,(H,29,31)/t26-/m1/s1. The molecule has 1 aliphatic rings. The van der Waals surface area contributed by atoms with E-state index in [1.54, 1.807) is 37.3 Å². The number of methoxy groups -OCH3 is 2. The predicted octanol–water partition coefficient (Wildman–Crippen LogP) is 5.13. The van der Waals surface area contributed by atoms with Crippen LogP contribution in [-0.4, -0.2) is 37.0 Å². The summed E-state index contributed by atoms with van der Waals surface area (Å²) in [5.74, 6) is 0.813. The summed E-state index contributed by atoms with van der Waals surface area (Å²) in [5, 5.41) is 3.21. The van der Waals surface area contributed by atoms with Crippen LogP contribution < -0.4 is 14.8 Å². The highest BCUT2D eigenvalue weighted by molar-refractivity contribution is 5.96. The molecule has 7 heteroatoms. The second-order valence-corrected chi connectivity index (χ2v) is 8.74. The summed E-state index contributed by atoms with van der Waals surface area (Å²) in [6.07, 6.45) is 6.69. The molecule has 3 aromatic rings. The average molecular weight is 477 g/mol. The summed E-state index contributed by atoms with van der Waals surface area (Å²) < 4.78 is 16.4. The summed E-state index contributed by atoms with van der Waals surface area (Å²) in [4.78, 5) is 29.2. The van der Waals surface area contributed by atoms with Crippen LogP contribution in [0.3, 0.4) is 0 Å². The van der Waals surface area contributed by atoms with Gasteiger partial charge in [-0.05, 0) is 48.7 Å². The molecule has 0 bridgehead atoms. The number of carbonyl (C=O) groups excluding carboxylic acids is 2. The number of rotatable bonds is 9. The smallest absolute Gasteiger partial charge is 0.290 e. The van der Waals surface area contributed by atoms with Gasteiger partial charge in [0.15, 0.2) is 5.76 Å². The van der Waals surface area contributed by atoms with E-state index < -0.39 is 6.04 Å². The number of carbonyl (C=O) groups is 2. The first-order valence-corrected chi connectivity index (χ1v) is 12.0. The number of para-hydroxylation sites is 1. The fraction of sp³-hybridized carbons (Fsp3) is 0.357. The molecule has 0 unspecified atom stereocenters. The average Bonchev–Trinajstić information content (AvgIpc) is 3.44. The maximum atomic E-state index is 13.9. The molecule has 0 spiro atoms. The van der Waals surface area contributed by atoms with Gasteiger partial charge in [0.2, 0.25) is 5.91 Å². The van der Waals surface area contributed by atoms with Gasteiger partial charge in [0, 0.05) is 11.6 Å². The minimum Gasteiger partial charge on any atom is -0.497 e. The van der Waals surface area contributed by atoms with Crippen LogP contribution in [0.4, 0.5) is 0 Å². The lowest BCUT2D eigenvalue weighted by molar-refractivity contribution is -0.127. The zero-order valence-corrected chi connectivity index (χ0v) is 20.2. The Morgan fingerprint density at radius 1 is 1.00 bits per heavy atom. The van der Waals surface area contributed by atoms with Gasteiger partial charge in [-0.15, -0.1) is 0 Å². The minimum absolute atomic E-state index is 0.0937. The highest BCUT2D eigenvalue weighted by Crippen LogP contribution is 2.31. The van der Waals surface area contributed by atoms with E-state index in [9.17, 15) is 9.59 Å². The molecule has 2 aromatic carbocycles. The van der Waals surface area contributed by atoms with Crippen LogP contribution in [-0.2, 0) is 11.3 Å². The second-order valence-electron chi connectivity index (χ2n) is 8.74. The van der Waals surface area contributed by atoms with E-state index in [1.165, 1.54) is 12.7 Å². The van der Waals surface area contributed by atoms with Crippen LogP contribution in [0.2, 0.25) is 0 Å². The lowest BCUT2D eigenvalue weighted by Crippen LogP contribution is -2.46. The summed E-state index contributed by atoms with van der Waals surface area (Å²) in [7, 11) is 3.17. The maximum Gasteiger partial charge on any atom is 0.290 e. The van der Waals surface area contributed by atoms with Crippen LogP contribution in [0.25, 0.3) is 0 Å². The van der Waals surface area contributed by atoms with Gasteiger partial charge in [-0.25, -0.2) is 0 Å². The van der Waals surface area contributed by atoms with Crippen molar-refractivity contribution in [3.8, 4) is 11.5 Å². The first-order chi connectivity index (χ1) is 17.1. The number of hydrogen-bond donors (Lipinski definition) is 1. The van der Waals surface area contributed by atoms with E-state index >= 15 is 0 Å². The number of amides is 2. The molecule has 1 saturated carbocycles. The molecular formula is C28H32N2O5. The van der Waals surface area contributed by atoms with Gasteiger partial charge in [0.1, 0.15) is 17.5 Å². The van der Waals surface area contributed by atoms with Crippen LogP contribution in [0.15, 0.2) is 71.3 Å². The van der Waals surface area contributed by atoms with Crippen molar-refractivity contribution in [1.29, 1.82) is 0 Å². The largest absolute Gasteiger partial charge is 0.497 e.